The van der Waals surface area contributed by atoms with Gasteiger partial charge < -0.3 is 10.1 Å². The van der Waals surface area contributed by atoms with E-state index in [1.807, 2.05) is 24.3 Å². The summed E-state index contributed by atoms with van der Waals surface area (Å²) < 4.78 is 5.19. The predicted molar refractivity (Wildman–Crippen MR) is 66.1 cm³/mol. The van der Waals surface area contributed by atoms with Gasteiger partial charge in [-0.1, -0.05) is 23.7 Å². The van der Waals surface area contributed by atoms with Crippen molar-refractivity contribution < 1.29 is 4.74 Å². The summed E-state index contributed by atoms with van der Waals surface area (Å²) in [5.74, 6) is 0.995. The highest BCUT2D eigenvalue weighted by molar-refractivity contribution is 6.32. The van der Waals surface area contributed by atoms with Crippen molar-refractivity contribution in [3.8, 4) is 5.75 Å². The highest BCUT2D eigenvalue weighted by Gasteiger charge is 2.08. The van der Waals surface area contributed by atoms with Crippen LogP contribution in [0.3, 0.4) is 0 Å². The van der Waals surface area contributed by atoms with Gasteiger partial charge in [-0.15, -0.1) is 10.2 Å². The van der Waals surface area contributed by atoms with E-state index in [-0.39, 0.29) is 10.4 Å². The summed E-state index contributed by atoms with van der Waals surface area (Å²) in [6.45, 7) is 0. The second-order valence-electron chi connectivity index (χ2n) is 3.05. The van der Waals surface area contributed by atoms with Crippen LogP contribution in [0.4, 0.5) is 11.5 Å². The fraction of sp³-hybridized carbons (Fsp3) is 0.100. The second-order valence-corrected chi connectivity index (χ2v) is 3.74. The van der Waals surface area contributed by atoms with E-state index < -0.39 is 0 Å². The van der Waals surface area contributed by atoms with Crippen LogP contribution >= 0.6 is 23.2 Å². The maximum atomic E-state index is 5.84. The van der Waals surface area contributed by atoms with Crippen molar-refractivity contribution in [1.82, 2.24) is 15.2 Å². The predicted octanol–water partition coefficient (Wildman–Crippen LogP) is 2.93. The van der Waals surface area contributed by atoms with Gasteiger partial charge in [0.25, 0.3) is 0 Å². The van der Waals surface area contributed by atoms with Crippen LogP contribution in [0.5, 0.6) is 5.75 Å². The standard InChI is InChI=1S/C10H8Cl2N4O/c1-17-7-5-3-2-4-6(7)13-9-8(11)15-16-10(12)14-9/h2-5H,1H3,(H,13,14,16). The van der Waals surface area contributed by atoms with E-state index in [2.05, 4.69) is 20.5 Å². The number of ether oxygens (including phenoxy) is 1. The fourth-order valence-electron chi connectivity index (χ4n) is 1.25. The number of anilines is 2. The first-order valence-corrected chi connectivity index (χ1v) is 5.42. The molecular weight excluding hydrogens is 263 g/mol. The van der Waals surface area contributed by atoms with Crippen molar-refractivity contribution in [3.63, 3.8) is 0 Å². The van der Waals surface area contributed by atoms with Crippen LogP contribution in [0, 0.1) is 0 Å². The second kappa shape index (κ2) is 5.16. The van der Waals surface area contributed by atoms with Crippen LogP contribution in [0.2, 0.25) is 10.4 Å². The minimum atomic E-state index is 0.0202. The third-order valence-electron chi connectivity index (χ3n) is 1.98. The maximum absolute atomic E-state index is 5.84. The molecule has 7 heteroatoms. The van der Waals surface area contributed by atoms with Crippen LogP contribution in [0.1, 0.15) is 0 Å². The molecule has 0 saturated carbocycles. The Labute approximate surface area is 108 Å². The Kier molecular flexibility index (Phi) is 3.61. The van der Waals surface area contributed by atoms with Crippen molar-refractivity contribution in [1.29, 1.82) is 0 Å². The first-order valence-electron chi connectivity index (χ1n) is 4.66. The zero-order valence-electron chi connectivity index (χ0n) is 8.82. The lowest BCUT2D eigenvalue weighted by molar-refractivity contribution is 0.417. The first-order chi connectivity index (χ1) is 8.20. The Morgan fingerprint density at radius 1 is 1.18 bits per heavy atom. The summed E-state index contributed by atoms with van der Waals surface area (Å²) in [6.07, 6.45) is 0. The van der Waals surface area contributed by atoms with Crippen LogP contribution in [0.15, 0.2) is 24.3 Å². The molecule has 0 bridgehead atoms. The zero-order chi connectivity index (χ0) is 12.3. The fourth-order valence-corrected chi connectivity index (χ4v) is 1.50. The lowest BCUT2D eigenvalue weighted by Gasteiger charge is -2.10. The van der Waals surface area contributed by atoms with E-state index in [1.165, 1.54) is 0 Å². The molecule has 88 valence electrons. The van der Waals surface area contributed by atoms with Gasteiger partial charge in [-0.3, -0.25) is 0 Å². The lowest BCUT2D eigenvalue weighted by Crippen LogP contribution is -2.00. The molecule has 1 heterocycles. The maximum Gasteiger partial charge on any atom is 0.245 e. The summed E-state index contributed by atoms with van der Waals surface area (Å²) in [6, 6.07) is 7.35. The zero-order valence-corrected chi connectivity index (χ0v) is 10.3. The van der Waals surface area contributed by atoms with Crippen molar-refractivity contribution in [2.75, 3.05) is 12.4 Å². The molecule has 5 nitrogen and oxygen atoms in total. The molecule has 2 aromatic rings. The minimum Gasteiger partial charge on any atom is -0.495 e. The van der Waals surface area contributed by atoms with Crippen molar-refractivity contribution in [2.24, 2.45) is 0 Å². The Hall–Kier alpha value is -1.59. The Morgan fingerprint density at radius 2 is 1.94 bits per heavy atom. The van der Waals surface area contributed by atoms with Crippen molar-refractivity contribution in [2.45, 2.75) is 0 Å². The normalized spacial score (nSPS) is 10.1. The molecule has 0 aliphatic rings. The summed E-state index contributed by atoms with van der Waals surface area (Å²) in [7, 11) is 1.58. The third-order valence-corrected chi connectivity index (χ3v) is 2.39. The van der Waals surface area contributed by atoms with E-state index in [0.29, 0.717) is 17.3 Å². The first kappa shape index (κ1) is 11.9. The van der Waals surface area contributed by atoms with E-state index in [1.54, 1.807) is 7.11 Å². The number of halogens is 2. The topological polar surface area (TPSA) is 59.9 Å². The molecule has 0 atom stereocenters. The van der Waals surface area contributed by atoms with Gasteiger partial charge in [-0.2, -0.15) is 4.98 Å². The molecular formula is C10H8Cl2N4O. The van der Waals surface area contributed by atoms with Gasteiger partial charge in [0.1, 0.15) is 5.75 Å². The molecule has 0 saturated heterocycles. The summed E-state index contributed by atoms with van der Waals surface area (Å²) in [5, 5.41) is 10.3. The SMILES string of the molecule is COc1ccccc1Nc1nc(Cl)nnc1Cl. The van der Waals surface area contributed by atoms with Gasteiger partial charge in [-0.25, -0.2) is 0 Å². The number of nitrogens with zero attached hydrogens (tertiary/aromatic N) is 3. The molecule has 0 amide bonds. The number of methoxy groups -OCH3 is 1. The third kappa shape index (κ3) is 2.75. The Bertz CT molecular complexity index is 535. The van der Waals surface area contributed by atoms with E-state index in [4.69, 9.17) is 27.9 Å². The smallest absolute Gasteiger partial charge is 0.245 e. The van der Waals surface area contributed by atoms with E-state index >= 15 is 0 Å². The van der Waals surface area contributed by atoms with Gasteiger partial charge in [-0.05, 0) is 23.7 Å². The molecule has 1 N–H and O–H groups in total. The van der Waals surface area contributed by atoms with Crippen molar-refractivity contribution in [3.05, 3.63) is 34.7 Å². The van der Waals surface area contributed by atoms with Crippen LogP contribution in [-0.2, 0) is 0 Å². The number of rotatable bonds is 3. The number of benzene rings is 1. The number of hydrogen-bond donors (Lipinski definition) is 1. The summed E-state index contributed by atoms with van der Waals surface area (Å²) in [5.41, 5.74) is 0.716. The Morgan fingerprint density at radius 3 is 2.71 bits per heavy atom. The molecule has 17 heavy (non-hydrogen) atoms. The molecule has 2 rings (SSSR count). The molecule has 1 aromatic carbocycles. The van der Waals surface area contributed by atoms with Gasteiger partial charge in [0.15, 0.2) is 11.0 Å². The molecule has 0 fully saturated rings. The van der Waals surface area contributed by atoms with Gasteiger partial charge in [0.05, 0.1) is 12.8 Å². The van der Waals surface area contributed by atoms with Gasteiger partial charge in [0, 0.05) is 0 Å². The molecule has 0 aliphatic carbocycles. The van der Waals surface area contributed by atoms with Gasteiger partial charge in [0.2, 0.25) is 5.28 Å². The average molecular weight is 271 g/mol. The molecule has 0 radical (unpaired) electrons. The minimum absolute atomic E-state index is 0.0202. The number of aromatic nitrogens is 3. The molecule has 0 unspecified atom stereocenters. The summed E-state index contributed by atoms with van der Waals surface area (Å²) in [4.78, 5) is 3.94. The van der Waals surface area contributed by atoms with Crippen molar-refractivity contribution >= 4 is 34.7 Å². The molecule has 0 spiro atoms. The highest BCUT2D eigenvalue weighted by Crippen LogP contribution is 2.28. The lowest BCUT2D eigenvalue weighted by atomic mass is 10.3. The van der Waals surface area contributed by atoms with E-state index in [9.17, 15) is 0 Å². The quantitative estimate of drug-likeness (QED) is 0.929. The number of nitrogens with one attached hydrogen (secondary N) is 1. The summed E-state index contributed by atoms with van der Waals surface area (Å²) >= 11 is 11.5. The molecule has 0 aliphatic heterocycles. The number of hydrogen-bond acceptors (Lipinski definition) is 5. The number of para-hydroxylation sites is 2. The van der Waals surface area contributed by atoms with Gasteiger partial charge >= 0.3 is 0 Å². The van der Waals surface area contributed by atoms with Crippen LogP contribution < -0.4 is 10.1 Å². The average Bonchev–Trinajstić information content (AvgIpc) is 2.34. The highest BCUT2D eigenvalue weighted by atomic mass is 35.5. The van der Waals surface area contributed by atoms with Crippen LogP contribution in [-0.4, -0.2) is 22.3 Å². The monoisotopic (exact) mass is 270 g/mol. The molecule has 1 aromatic heterocycles. The largest absolute Gasteiger partial charge is 0.495 e. The van der Waals surface area contributed by atoms with E-state index in [0.717, 1.165) is 0 Å². The van der Waals surface area contributed by atoms with Crippen LogP contribution in [0.25, 0.3) is 0 Å². The Balaban J connectivity index is 2.34.